The molecule has 1 aliphatic rings. The summed E-state index contributed by atoms with van der Waals surface area (Å²) in [6.45, 7) is 5.49. The Morgan fingerprint density at radius 1 is 1.05 bits per heavy atom. The molecule has 3 aromatic rings. The van der Waals surface area contributed by atoms with Crippen molar-refractivity contribution in [2.75, 3.05) is 39.1 Å². The molecule has 3 N–H and O–H groups in total. The number of carbonyl (C=O) groups is 2. The summed E-state index contributed by atoms with van der Waals surface area (Å²) in [6, 6.07) is 5.66. The van der Waals surface area contributed by atoms with E-state index in [0.29, 0.717) is 51.4 Å². The van der Waals surface area contributed by atoms with E-state index < -0.39 is 12.1 Å². The van der Waals surface area contributed by atoms with Crippen LogP contribution in [0.2, 0.25) is 0 Å². The van der Waals surface area contributed by atoms with Gasteiger partial charge >= 0.3 is 0 Å². The Kier molecular flexibility index (Phi) is 10.2. The Balaban J connectivity index is 1.81. The van der Waals surface area contributed by atoms with Crippen molar-refractivity contribution in [2.24, 2.45) is 5.92 Å². The summed E-state index contributed by atoms with van der Waals surface area (Å²) in [5.41, 5.74) is 2.87. The number of ether oxygens (including phenoxy) is 4. The number of aryl methyl sites for hydroxylation is 1. The summed E-state index contributed by atoms with van der Waals surface area (Å²) in [6.07, 6.45) is 1.12. The topological polar surface area (TPSA) is 150 Å². The second kappa shape index (κ2) is 13.8. The Hall–Kier alpha value is -4.23. The number of fused-ring (bicyclic) bond motifs is 3. The van der Waals surface area contributed by atoms with Crippen molar-refractivity contribution in [1.29, 1.82) is 0 Å². The molecule has 230 valence electrons. The average molecular weight is 612 g/mol. The quantitative estimate of drug-likeness (QED) is 0.291. The SMILES string of the molecule is COCc1nnc(NC(=O)C(Nc2ccc3c(cc2=O)C(NC(C)=O)CCc2cc(OC)c(OC)c(OC)c2-3)C(C)C)s1. The minimum atomic E-state index is -0.762. The van der Waals surface area contributed by atoms with Gasteiger partial charge in [0.2, 0.25) is 28.1 Å². The lowest BCUT2D eigenvalue weighted by Gasteiger charge is -2.21. The average Bonchev–Trinajstić information content (AvgIpc) is 3.27. The number of benzene rings is 1. The fourth-order valence-electron chi connectivity index (χ4n) is 5.20. The van der Waals surface area contributed by atoms with Crippen LogP contribution in [0.3, 0.4) is 0 Å². The van der Waals surface area contributed by atoms with Crippen LogP contribution in [0.5, 0.6) is 17.2 Å². The third-order valence-corrected chi connectivity index (χ3v) is 7.95. The molecule has 0 bridgehead atoms. The zero-order valence-corrected chi connectivity index (χ0v) is 26.1. The molecule has 0 radical (unpaired) electrons. The molecule has 1 aromatic heterocycles. The van der Waals surface area contributed by atoms with E-state index in [0.717, 1.165) is 11.1 Å². The fraction of sp³-hybridized carbons (Fsp3) is 0.433. The summed E-state index contributed by atoms with van der Waals surface area (Å²) in [5, 5.41) is 17.9. The lowest BCUT2D eigenvalue weighted by Crippen LogP contribution is -2.39. The zero-order valence-electron chi connectivity index (χ0n) is 25.3. The van der Waals surface area contributed by atoms with Crippen molar-refractivity contribution >= 4 is 34.0 Å². The van der Waals surface area contributed by atoms with Gasteiger partial charge in [0.05, 0.1) is 33.1 Å². The van der Waals surface area contributed by atoms with E-state index in [1.807, 2.05) is 26.0 Å². The van der Waals surface area contributed by atoms with Gasteiger partial charge in [-0.05, 0) is 53.6 Å². The molecule has 0 saturated carbocycles. The molecule has 0 aliphatic heterocycles. The molecule has 0 fully saturated rings. The smallest absolute Gasteiger partial charge is 0.248 e. The maximum atomic E-state index is 13.7. The molecule has 43 heavy (non-hydrogen) atoms. The van der Waals surface area contributed by atoms with E-state index in [2.05, 4.69) is 26.1 Å². The number of carbonyl (C=O) groups excluding carboxylic acids is 2. The number of amides is 2. The molecule has 1 aliphatic carbocycles. The van der Waals surface area contributed by atoms with E-state index in [1.54, 1.807) is 27.4 Å². The largest absolute Gasteiger partial charge is 0.493 e. The third-order valence-electron chi connectivity index (χ3n) is 7.14. The van der Waals surface area contributed by atoms with Crippen LogP contribution in [0.1, 0.15) is 49.4 Å². The highest BCUT2D eigenvalue weighted by Gasteiger charge is 2.30. The highest BCUT2D eigenvalue weighted by molar-refractivity contribution is 7.15. The van der Waals surface area contributed by atoms with Gasteiger partial charge in [-0.2, -0.15) is 0 Å². The minimum absolute atomic E-state index is 0.182. The van der Waals surface area contributed by atoms with Crippen LogP contribution in [-0.4, -0.2) is 56.5 Å². The first kappa shape index (κ1) is 31.7. The molecule has 0 spiro atoms. The van der Waals surface area contributed by atoms with Crippen LogP contribution >= 0.6 is 11.3 Å². The van der Waals surface area contributed by atoms with Crippen molar-refractivity contribution in [3.63, 3.8) is 0 Å². The molecular weight excluding hydrogens is 574 g/mol. The Morgan fingerprint density at radius 2 is 1.79 bits per heavy atom. The van der Waals surface area contributed by atoms with Crippen LogP contribution in [0.15, 0.2) is 29.1 Å². The van der Waals surface area contributed by atoms with E-state index in [-0.39, 0.29) is 35.5 Å². The number of aromatic nitrogens is 2. The maximum Gasteiger partial charge on any atom is 0.248 e. The van der Waals surface area contributed by atoms with Crippen LogP contribution in [-0.2, 0) is 27.4 Å². The lowest BCUT2D eigenvalue weighted by molar-refractivity contribution is -0.120. The number of nitrogens with one attached hydrogen (secondary N) is 3. The van der Waals surface area contributed by atoms with E-state index in [1.165, 1.54) is 31.4 Å². The first-order chi connectivity index (χ1) is 20.6. The molecule has 12 nitrogen and oxygen atoms in total. The standard InChI is InChI=1S/C30H37N5O7S/c1-15(2)26(29(38)33-30-35-34-24(43-30)14-39-4)32-21-11-9-18-19(13-22(21)37)20(31-16(3)36)10-8-17-12-23(40-5)27(41-6)28(42-7)25(17)18/h9,11-13,15,20,26H,8,10,14H2,1-7H3,(H,31,36)(H,32,37)(H,33,35,38). The van der Waals surface area contributed by atoms with Crippen molar-refractivity contribution in [3.8, 4) is 28.4 Å². The van der Waals surface area contributed by atoms with Gasteiger partial charge in [0, 0.05) is 19.6 Å². The normalized spacial score (nSPS) is 14.6. The summed E-state index contributed by atoms with van der Waals surface area (Å²) >= 11 is 1.21. The number of hydrogen-bond acceptors (Lipinski definition) is 11. The molecule has 4 rings (SSSR count). The summed E-state index contributed by atoms with van der Waals surface area (Å²) < 4.78 is 22.2. The second-order valence-corrected chi connectivity index (χ2v) is 11.4. The Morgan fingerprint density at radius 3 is 2.42 bits per heavy atom. The van der Waals surface area contributed by atoms with Gasteiger partial charge in [0.1, 0.15) is 17.7 Å². The molecule has 2 amide bonds. The van der Waals surface area contributed by atoms with Gasteiger partial charge in [-0.3, -0.25) is 19.7 Å². The first-order valence-electron chi connectivity index (χ1n) is 13.8. The third kappa shape index (κ3) is 6.89. The number of methoxy groups -OCH3 is 4. The van der Waals surface area contributed by atoms with Gasteiger partial charge in [0.25, 0.3) is 0 Å². The number of rotatable bonds is 11. The zero-order chi connectivity index (χ0) is 31.3. The highest BCUT2D eigenvalue weighted by atomic mass is 32.1. The predicted octanol–water partition coefficient (Wildman–Crippen LogP) is 3.94. The maximum absolute atomic E-state index is 13.7. The van der Waals surface area contributed by atoms with Crippen LogP contribution in [0.4, 0.5) is 10.8 Å². The van der Waals surface area contributed by atoms with Crippen molar-refractivity contribution in [2.45, 2.75) is 52.3 Å². The molecule has 2 unspecified atom stereocenters. The van der Waals surface area contributed by atoms with Gasteiger partial charge in [0.15, 0.2) is 11.5 Å². The molecule has 2 atom stereocenters. The van der Waals surface area contributed by atoms with Crippen molar-refractivity contribution < 1.29 is 28.5 Å². The second-order valence-electron chi connectivity index (χ2n) is 10.4. The molecule has 2 aromatic carbocycles. The number of anilines is 2. The summed E-state index contributed by atoms with van der Waals surface area (Å²) in [5.74, 6) is 0.630. The van der Waals surface area contributed by atoms with E-state index >= 15 is 0 Å². The molecule has 0 saturated heterocycles. The van der Waals surface area contributed by atoms with Crippen LogP contribution in [0, 0.1) is 5.92 Å². The monoisotopic (exact) mass is 611 g/mol. The molecule has 1 heterocycles. The first-order valence-corrected chi connectivity index (χ1v) is 14.6. The molecule has 13 heteroatoms. The lowest BCUT2D eigenvalue weighted by atomic mass is 9.95. The van der Waals surface area contributed by atoms with Crippen molar-refractivity contribution in [3.05, 3.63) is 50.6 Å². The number of nitrogens with zero attached hydrogens (tertiary/aromatic N) is 2. The van der Waals surface area contributed by atoms with Crippen molar-refractivity contribution in [1.82, 2.24) is 15.5 Å². The molecular formula is C30H37N5O7S. The summed E-state index contributed by atoms with van der Waals surface area (Å²) in [4.78, 5) is 39.3. The Labute approximate surface area is 254 Å². The minimum Gasteiger partial charge on any atom is -0.493 e. The van der Waals surface area contributed by atoms with Gasteiger partial charge in [-0.1, -0.05) is 31.3 Å². The predicted molar refractivity (Wildman–Crippen MR) is 164 cm³/mol. The van der Waals surface area contributed by atoms with Gasteiger partial charge in [-0.15, -0.1) is 10.2 Å². The van der Waals surface area contributed by atoms with Crippen LogP contribution in [0.25, 0.3) is 11.1 Å². The number of hydrogen-bond donors (Lipinski definition) is 3. The van der Waals surface area contributed by atoms with Gasteiger partial charge in [-0.25, -0.2) is 0 Å². The summed E-state index contributed by atoms with van der Waals surface area (Å²) in [7, 11) is 6.19. The highest BCUT2D eigenvalue weighted by Crippen LogP contribution is 2.50. The van der Waals surface area contributed by atoms with Gasteiger partial charge < -0.3 is 29.6 Å². The fourth-order valence-corrected chi connectivity index (χ4v) is 5.91. The Bertz CT molecular complexity index is 1560. The van der Waals surface area contributed by atoms with E-state index in [9.17, 15) is 14.4 Å². The van der Waals surface area contributed by atoms with Crippen LogP contribution < -0.4 is 35.6 Å². The van der Waals surface area contributed by atoms with E-state index in [4.69, 9.17) is 18.9 Å².